The number of hydrogen-bond acceptors (Lipinski definition) is 7. The number of anilines is 1. The van der Waals surface area contributed by atoms with E-state index in [4.69, 9.17) is 14.2 Å². The molecule has 0 unspecified atom stereocenters. The summed E-state index contributed by atoms with van der Waals surface area (Å²) in [5, 5.41) is 2.86. The van der Waals surface area contributed by atoms with Crippen molar-refractivity contribution in [1.29, 1.82) is 0 Å². The van der Waals surface area contributed by atoms with Crippen LogP contribution in [0.5, 0.6) is 17.5 Å². The van der Waals surface area contributed by atoms with Gasteiger partial charge in [-0.2, -0.15) is 15.0 Å². The average Bonchev–Trinajstić information content (AvgIpc) is 2.53. The molecule has 7 heteroatoms. The molecule has 1 aromatic carbocycles. The van der Waals surface area contributed by atoms with E-state index in [1.54, 1.807) is 39.5 Å². The first-order chi connectivity index (χ1) is 9.71. The lowest BCUT2D eigenvalue weighted by Crippen LogP contribution is -2.04. The van der Waals surface area contributed by atoms with Crippen LogP contribution in [0.15, 0.2) is 18.2 Å². The van der Waals surface area contributed by atoms with E-state index in [0.717, 1.165) is 0 Å². The van der Waals surface area contributed by atoms with Gasteiger partial charge < -0.3 is 19.5 Å². The first-order valence-corrected chi connectivity index (χ1v) is 5.92. The van der Waals surface area contributed by atoms with Crippen LogP contribution in [-0.4, -0.2) is 43.3 Å². The lowest BCUT2D eigenvalue weighted by molar-refractivity contribution is 0.379. The van der Waals surface area contributed by atoms with Gasteiger partial charge in [-0.25, -0.2) is 0 Å². The minimum absolute atomic E-state index is 0.226. The maximum Gasteiger partial charge on any atom is 0.321 e. The van der Waals surface area contributed by atoms with Gasteiger partial charge in [-0.1, -0.05) is 0 Å². The topological polar surface area (TPSA) is 78.4 Å². The van der Waals surface area contributed by atoms with Crippen LogP contribution in [0.1, 0.15) is 0 Å². The van der Waals surface area contributed by atoms with Crippen LogP contribution in [0.25, 0.3) is 11.4 Å². The molecule has 0 saturated carbocycles. The zero-order chi connectivity index (χ0) is 14.5. The quantitative estimate of drug-likeness (QED) is 0.888. The number of ether oxygens (including phenoxy) is 3. The fourth-order valence-electron chi connectivity index (χ4n) is 1.67. The minimum atomic E-state index is 0.226. The molecule has 0 aliphatic carbocycles. The maximum absolute atomic E-state index is 5.33. The van der Waals surface area contributed by atoms with E-state index in [1.165, 1.54) is 7.11 Å². The summed E-state index contributed by atoms with van der Waals surface area (Å²) in [5.74, 6) is 2.18. The maximum atomic E-state index is 5.33. The average molecular weight is 276 g/mol. The molecule has 1 N–H and O–H groups in total. The molecule has 2 rings (SSSR count). The van der Waals surface area contributed by atoms with Gasteiger partial charge in [0.2, 0.25) is 5.95 Å². The number of nitrogens with one attached hydrogen (secondary N) is 1. The van der Waals surface area contributed by atoms with Crippen molar-refractivity contribution in [3.05, 3.63) is 18.2 Å². The lowest BCUT2D eigenvalue weighted by atomic mass is 10.1. The summed E-state index contributed by atoms with van der Waals surface area (Å²) in [5.41, 5.74) is 0.698. The molecule has 2 aromatic rings. The van der Waals surface area contributed by atoms with E-state index >= 15 is 0 Å². The van der Waals surface area contributed by atoms with Crippen molar-refractivity contribution < 1.29 is 14.2 Å². The van der Waals surface area contributed by atoms with Crippen molar-refractivity contribution in [2.45, 2.75) is 0 Å². The summed E-state index contributed by atoms with van der Waals surface area (Å²) in [7, 11) is 6.41. The number of rotatable bonds is 5. The molecule has 0 saturated heterocycles. The Labute approximate surface area is 116 Å². The van der Waals surface area contributed by atoms with Crippen LogP contribution < -0.4 is 19.5 Å². The first kappa shape index (κ1) is 13.9. The van der Waals surface area contributed by atoms with Crippen molar-refractivity contribution in [2.75, 3.05) is 33.7 Å². The van der Waals surface area contributed by atoms with Gasteiger partial charge in [-0.15, -0.1) is 0 Å². The summed E-state index contributed by atoms with van der Waals surface area (Å²) in [6.45, 7) is 0. The fourth-order valence-corrected chi connectivity index (χ4v) is 1.67. The minimum Gasteiger partial charge on any atom is -0.497 e. The van der Waals surface area contributed by atoms with Crippen LogP contribution >= 0.6 is 0 Å². The second kappa shape index (κ2) is 6.05. The highest BCUT2D eigenvalue weighted by molar-refractivity contribution is 5.67. The molecule has 0 amide bonds. The van der Waals surface area contributed by atoms with Gasteiger partial charge in [0.15, 0.2) is 5.82 Å². The molecule has 1 heterocycles. The largest absolute Gasteiger partial charge is 0.497 e. The van der Waals surface area contributed by atoms with Gasteiger partial charge in [-0.3, -0.25) is 0 Å². The van der Waals surface area contributed by atoms with Crippen LogP contribution in [-0.2, 0) is 0 Å². The summed E-state index contributed by atoms with van der Waals surface area (Å²) in [6, 6.07) is 5.63. The van der Waals surface area contributed by atoms with Gasteiger partial charge in [0.1, 0.15) is 11.5 Å². The van der Waals surface area contributed by atoms with Crippen molar-refractivity contribution >= 4 is 5.95 Å². The molecule has 0 bridgehead atoms. The van der Waals surface area contributed by atoms with Crippen LogP contribution in [0.4, 0.5) is 5.95 Å². The highest BCUT2D eigenvalue weighted by Crippen LogP contribution is 2.32. The molecule has 0 spiro atoms. The molecule has 0 aliphatic rings. The third kappa shape index (κ3) is 2.71. The highest BCUT2D eigenvalue weighted by Gasteiger charge is 2.14. The first-order valence-electron chi connectivity index (χ1n) is 5.92. The molecule has 0 aliphatic heterocycles. The molecule has 20 heavy (non-hydrogen) atoms. The Morgan fingerprint density at radius 3 is 2.35 bits per heavy atom. The number of methoxy groups -OCH3 is 3. The fraction of sp³-hybridized carbons (Fsp3) is 0.308. The summed E-state index contributed by atoms with van der Waals surface area (Å²) < 4.78 is 15.6. The third-order valence-electron chi connectivity index (χ3n) is 2.67. The Morgan fingerprint density at radius 2 is 1.75 bits per heavy atom. The Balaban J connectivity index is 2.59. The molecule has 0 fully saturated rings. The van der Waals surface area contributed by atoms with Gasteiger partial charge >= 0.3 is 6.01 Å². The van der Waals surface area contributed by atoms with Crippen molar-refractivity contribution in [3.8, 4) is 28.9 Å². The number of hydrogen-bond donors (Lipinski definition) is 1. The predicted molar refractivity (Wildman–Crippen MR) is 74.5 cm³/mol. The van der Waals surface area contributed by atoms with Crippen molar-refractivity contribution in [1.82, 2.24) is 15.0 Å². The van der Waals surface area contributed by atoms with E-state index in [1.807, 2.05) is 0 Å². The molecule has 106 valence electrons. The smallest absolute Gasteiger partial charge is 0.321 e. The second-order valence-electron chi connectivity index (χ2n) is 3.79. The highest BCUT2D eigenvalue weighted by atomic mass is 16.5. The Bertz CT molecular complexity index is 582. The van der Waals surface area contributed by atoms with Gasteiger partial charge in [0.25, 0.3) is 0 Å². The second-order valence-corrected chi connectivity index (χ2v) is 3.79. The van der Waals surface area contributed by atoms with Gasteiger partial charge in [-0.05, 0) is 18.2 Å². The zero-order valence-corrected chi connectivity index (χ0v) is 11.8. The normalized spacial score (nSPS) is 10.0. The van der Waals surface area contributed by atoms with Crippen molar-refractivity contribution in [3.63, 3.8) is 0 Å². The number of benzene rings is 1. The Morgan fingerprint density at radius 1 is 0.950 bits per heavy atom. The number of aromatic nitrogens is 3. The van der Waals surface area contributed by atoms with Crippen molar-refractivity contribution in [2.24, 2.45) is 0 Å². The van der Waals surface area contributed by atoms with E-state index in [0.29, 0.717) is 28.8 Å². The molecule has 1 aromatic heterocycles. The summed E-state index contributed by atoms with van der Waals surface area (Å²) >= 11 is 0. The van der Waals surface area contributed by atoms with E-state index in [-0.39, 0.29) is 6.01 Å². The zero-order valence-electron chi connectivity index (χ0n) is 11.8. The van der Waals surface area contributed by atoms with Gasteiger partial charge in [0, 0.05) is 7.05 Å². The predicted octanol–water partition coefficient (Wildman–Crippen LogP) is 1.61. The lowest BCUT2D eigenvalue weighted by Gasteiger charge is -2.10. The van der Waals surface area contributed by atoms with Crippen LogP contribution in [0.2, 0.25) is 0 Å². The Kier molecular flexibility index (Phi) is 4.19. The monoisotopic (exact) mass is 276 g/mol. The Hall–Kier alpha value is -2.57. The molecule has 0 radical (unpaired) electrons. The summed E-state index contributed by atoms with van der Waals surface area (Å²) in [6.07, 6.45) is 0. The SMILES string of the molecule is CNc1nc(OC)nc(-c2cc(OC)ccc2OC)n1. The van der Waals surface area contributed by atoms with E-state index in [9.17, 15) is 0 Å². The third-order valence-corrected chi connectivity index (χ3v) is 2.67. The van der Waals surface area contributed by atoms with E-state index < -0.39 is 0 Å². The van der Waals surface area contributed by atoms with E-state index in [2.05, 4.69) is 20.3 Å². The molecular weight excluding hydrogens is 260 g/mol. The van der Waals surface area contributed by atoms with Gasteiger partial charge in [0.05, 0.1) is 26.9 Å². The summed E-state index contributed by atoms with van der Waals surface area (Å²) in [4.78, 5) is 12.6. The standard InChI is InChI=1S/C13H16N4O3/c1-14-12-15-11(16-13(17-12)20-4)9-7-8(18-2)5-6-10(9)19-3/h5-7H,1-4H3,(H,14,15,16,17). The molecular formula is C13H16N4O3. The van der Waals surface area contributed by atoms with Crippen LogP contribution in [0, 0.1) is 0 Å². The van der Waals surface area contributed by atoms with Crippen LogP contribution in [0.3, 0.4) is 0 Å². The number of nitrogens with zero attached hydrogens (tertiary/aromatic N) is 3. The molecule has 7 nitrogen and oxygen atoms in total. The molecule has 0 atom stereocenters.